The Morgan fingerprint density at radius 1 is 1.07 bits per heavy atom. The van der Waals surface area contributed by atoms with Crippen LogP contribution >= 0.6 is 0 Å². The summed E-state index contributed by atoms with van der Waals surface area (Å²) in [6, 6.07) is 14.7. The number of hydrogen-bond acceptors (Lipinski definition) is 3. The van der Waals surface area contributed by atoms with E-state index in [9.17, 15) is 13.2 Å². The van der Waals surface area contributed by atoms with Crippen molar-refractivity contribution in [2.75, 3.05) is 17.4 Å². The first-order valence-corrected chi connectivity index (χ1v) is 10.9. The van der Waals surface area contributed by atoms with Crippen LogP contribution in [-0.2, 0) is 27.7 Å². The highest BCUT2D eigenvalue weighted by Crippen LogP contribution is 2.36. The van der Waals surface area contributed by atoms with Crippen LogP contribution in [0.15, 0.2) is 53.4 Å². The molecule has 2 aromatic carbocycles. The molecule has 0 N–H and O–H groups in total. The lowest BCUT2D eigenvalue weighted by atomic mass is 10.1. The van der Waals surface area contributed by atoms with Gasteiger partial charge < -0.3 is 4.90 Å². The number of para-hydroxylation sites is 1. The number of sulfonamides is 1. The molecule has 1 amide bonds. The molecular weight excluding hydrogens is 360 g/mol. The molecule has 0 saturated carbocycles. The molecule has 0 spiro atoms. The van der Waals surface area contributed by atoms with Gasteiger partial charge in [0.25, 0.3) is 10.0 Å². The fourth-order valence-electron chi connectivity index (χ4n) is 4.05. The monoisotopic (exact) mass is 384 g/mol. The van der Waals surface area contributed by atoms with Gasteiger partial charge in [0.2, 0.25) is 5.91 Å². The molecule has 2 aliphatic rings. The van der Waals surface area contributed by atoms with Crippen molar-refractivity contribution in [1.82, 2.24) is 4.90 Å². The molecule has 2 heterocycles. The Balaban J connectivity index is 1.52. The number of likely N-dealkylation sites (tertiary alicyclic amines) is 1. The quantitative estimate of drug-likeness (QED) is 0.796. The summed E-state index contributed by atoms with van der Waals surface area (Å²) in [5, 5.41) is 0. The summed E-state index contributed by atoms with van der Waals surface area (Å²) in [5.74, 6) is 0.218. The maximum Gasteiger partial charge on any atom is 0.264 e. The maximum atomic E-state index is 13.2. The van der Waals surface area contributed by atoms with Gasteiger partial charge in [-0.15, -0.1) is 0 Å². The Kier molecular flexibility index (Phi) is 4.68. The van der Waals surface area contributed by atoms with Crippen LogP contribution in [-0.4, -0.2) is 38.4 Å². The maximum absolute atomic E-state index is 13.2. The van der Waals surface area contributed by atoms with Crippen molar-refractivity contribution in [3.05, 3.63) is 59.7 Å². The summed E-state index contributed by atoms with van der Waals surface area (Å²) in [7, 11) is -3.59. The highest BCUT2D eigenvalue weighted by molar-refractivity contribution is 7.92. The first-order chi connectivity index (χ1) is 13.0. The predicted octanol–water partition coefficient (Wildman–Crippen LogP) is 2.99. The number of carbonyl (C=O) groups is 1. The summed E-state index contributed by atoms with van der Waals surface area (Å²) in [6.45, 7) is 3.47. The topological polar surface area (TPSA) is 57.7 Å². The van der Waals surface area contributed by atoms with Gasteiger partial charge in [0.1, 0.15) is 0 Å². The van der Waals surface area contributed by atoms with E-state index in [-0.39, 0.29) is 11.9 Å². The lowest BCUT2D eigenvalue weighted by Crippen LogP contribution is -2.35. The van der Waals surface area contributed by atoms with E-state index in [4.69, 9.17) is 0 Å². The number of fused-ring (bicyclic) bond motifs is 1. The molecule has 1 fully saturated rings. The van der Waals surface area contributed by atoms with Crippen LogP contribution in [0.2, 0.25) is 0 Å². The molecule has 27 heavy (non-hydrogen) atoms. The van der Waals surface area contributed by atoms with Gasteiger partial charge >= 0.3 is 0 Å². The van der Waals surface area contributed by atoms with E-state index in [1.54, 1.807) is 16.4 Å². The van der Waals surface area contributed by atoms with Gasteiger partial charge in [-0.2, -0.15) is 0 Å². The molecule has 1 atom stereocenters. The van der Waals surface area contributed by atoms with Crippen molar-refractivity contribution in [2.24, 2.45) is 0 Å². The molecule has 5 nitrogen and oxygen atoms in total. The summed E-state index contributed by atoms with van der Waals surface area (Å²) in [5.41, 5.74) is 2.89. The molecular formula is C21H24N2O3S. The molecule has 2 aromatic rings. The van der Waals surface area contributed by atoms with Crippen molar-refractivity contribution in [3.8, 4) is 0 Å². The highest BCUT2D eigenvalue weighted by atomic mass is 32.2. The van der Waals surface area contributed by atoms with E-state index < -0.39 is 10.0 Å². The molecule has 4 rings (SSSR count). The Hall–Kier alpha value is -2.34. The Bertz CT molecular complexity index is 954. The standard InChI is InChI=1S/C21H24N2O3S/c1-16-15-18-5-2-3-6-20(18)23(16)27(25,26)19-10-8-17(9-11-19)12-14-22-13-4-7-21(22)24/h2-3,5-6,8-11,16H,4,7,12-15H2,1H3. The fourth-order valence-corrected chi connectivity index (χ4v) is 5.74. The zero-order chi connectivity index (χ0) is 19.0. The van der Waals surface area contributed by atoms with Gasteiger partial charge in [0.15, 0.2) is 0 Å². The zero-order valence-electron chi connectivity index (χ0n) is 15.5. The summed E-state index contributed by atoms with van der Waals surface area (Å²) in [6.07, 6.45) is 3.06. The molecule has 6 heteroatoms. The molecule has 142 valence electrons. The SMILES string of the molecule is CC1Cc2ccccc2N1S(=O)(=O)c1ccc(CCN2CCCC2=O)cc1. The summed E-state index contributed by atoms with van der Waals surface area (Å²) in [4.78, 5) is 13.9. The molecule has 0 aromatic heterocycles. The smallest absolute Gasteiger partial charge is 0.264 e. The molecule has 1 unspecified atom stereocenters. The van der Waals surface area contributed by atoms with Gasteiger partial charge in [-0.05, 0) is 55.5 Å². The van der Waals surface area contributed by atoms with E-state index in [0.717, 1.165) is 42.6 Å². The van der Waals surface area contributed by atoms with Crippen molar-refractivity contribution in [3.63, 3.8) is 0 Å². The van der Waals surface area contributed by atoms with Gasteiger partial charge in [-0.25, -0.2) is 8.42 Å². The molecule has 0 aliphatic carbocycles. The van der Waals surface area contributed by atoms with Crippen LogP contribution < -0.4 is 4.31 Å². The minimum atomic E-state index is -3.59. The second-order valence-electron chi connectivity index (χ2n) is 7.36. The Morgan fingerprint density at radius 2 is 1.81 bits per heavy atom. The number of anilines is 1. The van der Waals surface area contributed by atoms with Crippen LogP contribution in [0.5, 0.6) is 0 Å². The van der Waals surface area contributed by atoms with Crippen LogP contribution in [0.25, 0.3) is 0 Å². The normalized spacial score (nSPS) is 19.6. The van der Waals surface area contributed by atoms with E-state index in [1.807, 2.05) is 48.2 Å². The van der Waals surface area contributed by atoms with E-state index in [0.29, 0.717) is 17.9 Å². The molecule has 2 aliphatic heterocycles. The largest absolute Gasteiger partial charge is 0.342 e. The van der Waals surface area contributed by atoms with Crippen LogP contribution in [0, 0.1) is 0 Å². The minimum absolute atomic E-state index is 0.0896. The fraction of sp³-hybridized carbons (Fsp3) is 0.381. The lowest BCUT2D eigenvalue weighted by molar-refractivity contribution is -0.127. The van der Waals surface area contributed by atoms with E-state index >= 15 is 0 Å². The second kappa shape index (κ2) is 7.00. The molecule has 1 saturated heterocycles. The van der Waals surface area contributed by atoms with Crippen molar-refractivity contribution < 1.29 is 13.2 Å². The highest BCUT2D eigenvalue weighted by Gasteiger charge is 2.35. The van der Waals surface area contributed by atoms with E-state index in [2.05, 4.69) is 0 Å². The summed E-state index contributed by atoms with van der Waals surface area (Å²) < 4.78 is 27.9. The number of nitrogens with zero attached hydrogens (tertiary/aromatic N) is 2. The third kappa shape index (κ3) is 3.34. The van der Waals surface area contributed by atoms with Gasteiger partial charge in [0.05, 0.1) is 10.6 Å². The third-order valence-electron chi connectivity index (χ3n) is 5.47. The average Bonchev–Trinajstić information content (AvgIpc) is 3.22. The number of benzene rings is 2. The number of rotatable bonds is 5. The van der Waals surface area contributed by atoms with Crippen molar-refractivity contribution in [2.45, 2.75) is 43.5 Å². The molecule has 0 bridgehead atoms. The van der Waals surface area contributed by atoms with E-state index in [1.165, 1.54) is 0 Å². The third-order valence-corrected chi connectivity index (χ3v) is 7.41. The van der Waals surface area contributed by atoms with Crippen LogP contribution in [0.1, 0.15) is 30.9 Å². The number of amides is 1. The van der Waals surface area contributed by atoms with Crippen LogP contribution in [0.3, 0.4) is 0 Å². The number of carbonyl (C=O) groups excluding carboxylic acids is 1. The minimum Gasteiger partial charge on any atom is -0.342 e. The lowest BCUT2D eigenvalue weighted by Gasteiger charge is -2.24. The van der Waals surface area contributed by atoms with Crippen molar-refractivity contribution in [1.29, 1.82) is 0 Å². The first kappa shape index (κ1) is 18.0. The van der Waals surface area contributed by atoms with Gasteiger partial charge in [-0.1, -0.05) is 30.3 Å². The van der Waals surface area contributed by atoms with Gasteiger partial charge in [0, 0.05) is 25.6 Å². The van der Waals surface area contributed by atoms with Crippen LogP contribution in [0.4, 0.5) is 5.69 Å². The summed E-state index contributed by atoms with van der Waals surface area (Å²) >= 11 is 0. The predicted molar refractivity (Wildman–Crippen MR) is 105 cm³/mol. The number of hydrogen-bond donors (Lipinski definition) is 0. The van der Waals surface area contributed by atoms with Gasteiger partial charge in [-0.3, -0.25) is 9.10 Å². The second-order valence-corrected chi connectivity index (χ2v) is 9.18. The zero-order valence-corrected chi connectivity index (χ0v) is 16.3. The Labute approximate surface area is 160 Å². The Morgan fingerprint density at radius 3 is 2.52 bits per heavy atom. The average molecular weight is 385 g/mol. The first-order valence-electron chi connectivity index (χ1n) is 9.46. The molecule has 0 radical (unpaired) electrons. The van der Waals surface area contributed by atoms with Crippen molar-refractivity contribution >= 4 is 21.6 Å².